The number of hydrogen-bond acceptors (Lipinski definition) is 4. The number of carbonyl (C=O) groups excluding carboxylic acids is 1. The van der Waals surface area contributed by atoms with Crippen LogP contribution in [0.4, 0.5) is 0 Å². The third-order valence-electron chi connectivity index (χ3n) is 3.81. The van der Waals surface area contributed by atoms with Crippen LogP contribution in [-0.2, 0) is 11.3 Å². The molecule has 1 aromatic heterocycles. The molecule has 2 N–H and O–H groups in total. The third kappa shape index (κ3) is 3.11. The molecule has 1 amide bonds. The molecule has 0 bridgehead atoms. The third-order valence-corrected chi connectivity index (χ3v) is 3.81. The SMILES string of the molecule is CC1CN(Cc2ccncc2)C(CCN)C(=O)N1C. The first-order chi connectivity index (χ1) is 9.13. The van der Waals surface area contributed by atoms with Gasteiger partial charge in [-0.05, 0) is 37.6 Å². The van der Waals surface area contributed by atoms with E-state index in [1.54, 1.807) is 12.4 Å². The number of likely N-dealkylation sites (N-methyl/N-ethyl adjacent to an activating group) is 1. The van der Waals surface area contributed by atoms with E-state index >= 15 is 0 Å². The predicted octanol–water partition coefficient (Wildman–Crippen LogP) is 0.462. The Labute approximate surface area is 114 Å². The standard InChI is InChI=1S/C14H22N4O/c1-11-9-18(10-12-4-7-16-8-5-12)13(3-6-15)14(19)17(11)2/h4-5,7-8,11,13H,3,6,9-10,15H2,1-2H3. The molecule has 1 fully saturated rings. The molecule has 1 aromatic rings. The van der Waals surface area contributed by atoms with Crippen molar-refractivity contribution in [2.75, 3.05) is 20.1 Å². The van der Waals surface area contributed by atoms with Crippen molar-refractivity contribution in [3.63, 3.8) is 0 Å². The molecule has 1 saturated heterocycles. The molecule has 1 aliphatic heterocycles. The van der Waals surface area contributed by atoms with Gasteiger partial charge >= 0.3 is 0 Å². The molecule has 5 heteroatoms. The Hall–Kier alpha value is -1.46. The zero-order valence-electron chi connectivity index (χ0n) is 11.6. The van der Waals surface area contributed by atoms with Crippen LogP contribution in [0.5, 0.6) is 0 Å². The van der Waals surface area contributed by atoms with Gasteiger partial charge in [0.15, 0.2) is 0 Å². The molecule has 1 aliphatic rings. The van der Waals surface area contributed by atoms with Crippen LogP contribution in [0.25, 0.3) is 0 Å². The van der Waals surface area contributed by atoms with Crippen molar-refractivity contribution in [2.24, 2.45) is 5.73 Å². The van der Waals surface area contributed by atoms with Gasteiger partial charge in [-0.15, -0.1) is 0 Å². The Morgan fingerprint density at radius 1 is 1.42 bits per heavy atom. The second-order valence-electron chi connectivity index (χ2n) is 5.18. The summed E-state index contributed by atoms with van der Waals surface area (Å²) in [6.45, 7) is 4.27. The summed E-state index contributed by atoms with van der Waals surface area (Å²) < 4.78 is 0. The number of aromatic nitrogens is 1. The number of rotatable bonds is 4. The number of nitrogens with zero attached hydrogens (tertiary/aromatic N) is 3. The monoisotopic (exact) mass is 262 g/mol. The van der Waals surface area contributed by atoms with Crippen molar-refractivity contribution in [1.29, 1.82) is 0 Å². The second kappa shape index (κ2) is 6.12. The van der Waals surface area contributed by atoms with E-state index in [1.807, 2.05) is 24.1 Å². The predicted molar refractivity (Wildman–Crippen MR) is 74.3 cm³/mol. The highest BCUT2D eigenvalue weighted by Gasteiger charge is 2.35. The fourth-order valence-corrected chi connectivity index (χ4v) is 2.56. The van der Waals surface area contributed by atoms with E-state index in [0.29, 0.717) is 13.0 Å². The molecule has 0 radical (unpaired) electrons. The zero-order valence-corrected chi connectivity index (χ0v) is 11.6. The largest absolute Gasteiger partial charge is 0.340 e. The molecule has 2 rings (SSSR count). The van der Waals surface area contributed by atoms with Gasteiger partial charge in [-0.2, -0.15) is 0 Å². The van der Waals surface area contributed by atoms with Gasteiger partial charge in [-0.1, -0.05) is 0 Å². The molecule has 2 heterocycles. The molecule has 2 atom stereocenters. The number of nitrogens with two attached hydrogens (primary N) is 1. The number of piperazine rings is 1. The molecule has 0 spiro atoms. The molecule has 0 saturated carbocycles. The minimum atomic E-state index is -0.0978. The Morgan fingerprint density at radius 3 is 2.74 bits per heavy atom. The summed E-state index contributed by atoms with van der Waals surface area (Å²) >= 11 is 0. The zero-order chi connectivity index (χ0) is 13.8. The van der Waals surface area contributed by atoms with E-state index in [2.05, 4.69) is 16.8 Å². The lowest BCUT2D eigenvalue weighted by Crippen LogP contribution is -2.59. The van der Waals surface area contributed by atoms with Crippen molar-refractivity contribution in [3.8, 4) is 0 Å². The lowest BCUT2D eigenvalue weighted by atomic mass is 10.0. The maximum absolute atomic E-state index is 12.3. The van der Waals surface area contributed by atoms with E-state index in [0.717, 1.165) is 13.1 Å². The van der Waals surface area contributed by atoms with Crippen molar-refractivity contribution >= 4 is 5.91 Å². The molecule has 0 aromatic carbocycles. The van der Waals surface area contributed by atoms with Crippen molar-refractivity contribution < 1.29 is 4.79 Å². The summed E-state index contributed by atoms with van der Waals surface area (Å²) in [5.74, 6) is 0.179. The van der Waals surface area contributed by atoms with E-state index in [9.17, 15) is 4.79 Å². The Balaban J connectivity index is 2.14. The summed E-state index contributed by atoms with van der Waals surface area (Å²) in [7, 11) is 1.88. The molecular formula is C14H22N4O. The number of carbonyl (C=O) groups is 1. The van der Waals surface area contributed by atoms with Gasteiger partial charge in [0.25, 0.3) is 0 Å². The van der Waals surface area contributed by atoms with Gasteiger partial charge in [0.05, 0.1) is 6.04 Å². The average Bonchev–Trinajstić information content (AvgIpc) is 2.42. The first-order valence-corrected chi connectivity index (χ1v) is 6.73. The smallest absolute Gasteiger partial charge is 0.240 e. The van der Waals surface area contributed by atoms with Gasteiger partial charge < -0.3 is 10.6 Å². The minimum absolute atomic E-state index is 0.0978. The molecule has 104 valence electrons. The topological polar surface area (TPSA) is 62.5 Å². The van der Waals surface area contributed by atoms with Crippen LogP contribution >= 0.6 is 0 Å². The van der Waals surface area contributed by atoms with E-state index < -0.39 is 0 Å². The summed E-state index contributed by atoms with van der Waals surface area (Å²) in [6.07, 6.45) is 4.28. The van der Waals surface area contributed by atoms with Gasteiger partial charge in [0.1, 0.15) is 0 Å². The van der Waals surface area contributed by atoms with Crippen molar-refractivity contribution in [2.45, 2.75) is 32.0 Å². The normalized spacial score (nSPS) is 24.8. The van der Waals surface area contributed by atoms with Crippen LogP contribution in [0.2, 0.25) is 0 Å². The maximum Gasteiger partial charge on any atom is 0.240 e. The Bertz CT molecular complexity index is 423. The number of amides is 1. The van der Waals surface area contributed by atoms with E-state index in [4.69, 9.17) is 5.73 Å². The second-order valence-corrected chi connectivity index (χ2v) is 5.18. The molecule has 19 heavy (non-hydrogen) atoms. The molecule has 0 aliphatic carbocycles. The van der Waals surface area contributed by atoms with Crippen LogP contribution in [0.1, 0.15) is 18.9 Å². The summed E-state index contributed by atoms with van der Waals surface area (Å²) in [4.78, 5) is 20.4. The van der Waals surface area contributed by atoms with Crippen LogP contribution < -0.4 is 5.73 Å². The van der Waals surface area contributed by atoms with Gasteiger partial charge in [-0.25, -0.2) is 0 Å². The minimum Gasteiger partial charge on any atom is -0.340 e. The van der Waals surface area contributed by atoms with E-state index in [-0.39, 0.29) is 18.0 Å². The van der Waals surface area contributed by atoms with Crippen molar-refractivity contribution in [1.82, 2.24) is 14.8 Å². The summed E-state index contributed by atoms with van der Waals surface area (Å²) in [6, 6.07) is 4.13. The molecule has 2 unspecified atom stereocenters. The van der Waals surface area contributed by atoms with Gasteiger partial charge in [-0.3, -0.25) is 14.7 Å². The fourth-order valence-electron chi connectivity index (χ4n) is 2.56. The number of hydrogen-bond donors (Lipinski definition) is 1. The first kappa shape index (κ1) is 14.0. The highest BCUT2D eigenvalue weighted by molar-refractivity contribution is 5.82. The first-order valence-electron chi connectivity index (χ1n) is 6.73. The van der Waals surface area contributed by atoms with E-state index in [1.165, 1.54) is 5.56 Å². The Kier molecular flexibility index (Phi) is 4.50. The van der Waals surface area contributed by atoms with Gasteiger partial charge in [0, 0.05) is 38.6 Å². The average molecular weight is 262 g/mol. The summed E-state index contributed by atoms with van der Waals surface area (Å²) in [5.41, 5.74) is 6.83. The summed E-state index contributed by atoms with van der Waals surface area (Å²) in [5, 5.41) is 0. The highest BCUT2D eigenvalue weighted by atomic mass is 16.2. The highest BCUT2D eigenvalue weighted by Crippen LogP contribution is 2.19. The van der Waals surface area contributed by atoms with Gasteiger partial charge in [0.2, 0.25) is 5.91 Å². The lowest BCUT2D eigenvalue weighted by molar-refractivity contribution is -0.144. The maximum atomic E-state index is 12.3. The van der Waals surface area contributed by atoms with Crippen LogP contribution in [0, 0.1) is 0 Å². The molecule has 5 nitrogen and oxygen atoms in total. The lowest BCUT2D eigenvalue weighted by Gasteiger charge is -2.43. The number of pyridine rings is 1. The quantitative estimate of drug-likeness (QED) is 0.856. The van der Waals surface area contributed by atoms with Crippen LogP contribution in [0.15, 0.2) is 24.5 Å². The Morgan fingerprint density at radius 2 is 2.11 bits per heavy atom. The van der Waals surface area contributed by atoms with Crippen LogP contribution in [0.3, 0.4) is 0 Å². The van der Waals surface area contributed by atoms with Crippen molar-refractivity contribution in [3.05, 3.63) is 30.1 Å². The van der Waals surface area contributed by atoms with Crippen LogP contribution in [-0.4, -0.2) is 52.9 Å². The molecular weight excluding hydrogens is 240 g/mol. The fraction of sp³-hybridized carbons (Fsp3) is 0.571.